The lowest BCUT2D eigenvalue weighted by Crippen LogP contribution is -2.34. The largest absolute Gasteiger partial charge is 0.497 e. The van der Waals surface area contributed by atoms with Gasteiger partial charge in [-0.1, -0.05) is 36.4 Å². The lowest BCUT2D eigenvalue weighted by molar-refractivity contribution is 0.406. The first-order valence-electron chi connectivity index (χ1n) is 6.96. The second kappa shape index (κ2) is 7.40. The van der Waals surface area contributed by atoms with Crippen LogP contribution in [0.5, 0.6) is 5.75 Å². The maximum Gasteiger partial charge on any atom is 0.243 e. The Bertz CT molecular complexity index is 702. The number of nitrogens with zero attached hydrogens (tertiary/aromatic N) is 1. The molecule has 0 saturated heterocycles. The summed E-state index contributed by atoms with van der Waals surface area (Å²) in [6.45, 7) is 0.808. The molecule has 2 N–H and O–H groups in total. The van der Waals surface area contributed by atoms with Crippen LogP contribution < -0.4 is 10.5 Å². The highest BCUT2D eigenvalue weighted by Gasteiger charge is 2.24. The molecule has 2 aromatic carbocycles. The van der Waals surface area contributed by atoms with Crippen molar-refractivity contribution in [3.63, 3.8) is 0 Å². The lowest BCUT2D eigenvalue weighted by Gasteiger charge is -2.22. The first-order chi connectivity index (χ1) is 10.6. The van der Waals surface area contributed by atoms with E-state index in [-0.39, 0.29) is 24.5 Å². The Hall–Kier alpha value is -1.89. The van der Waals surface area contributed by atoms with Crippen LogP contribution in [-0.4, -0.2) is 32.9 Å². The van der Waals surface area contributed by atoms with Crippen LogP contribution in [0.15, 0.2) is 59.5 Å². The zero-order valence-corrected chi connectivity index (χ0v) is 13.3. The molecule has 6 heteroatoms. The van der Waals surface area contributed by atoms with Crippen LogP contribution in [-0.2, 0) is 16.6 Å². The highest BCUT2D eigenvalue weighted by molar-refractivity contribution is 7.89. The topological polar surface area (TPSA) is 72.6 Å². The maximum atomic E-state index is 12.8. The van der Waals surface area contributed by atoms with Gasteiger partial charge >= 0.3 is 0 Å². The Morgan fingerprint density at radius 1 is 1.09 bits per heavy atom. The van der Waals surface area contributed by atoms with Crippen molar-refractivity contribution in [1.29, 1.82) is 0 Å². The van der Waals surface area contributed by atoms with Gasteiger partial charge in [0.25, 0.3) is 0 Å². The van der Waals surface area contributed by atoms with E-state index in [0.717, 1.165) is 5.56 Å². The van der Waals surface area contributed by atoms with E-state index < -0.39 is 10.0 Å². The van der Waals surface area contributed by atoms with Gasteiger partial charge in [0.05, 0.1) is 12.0 Å². The van der Waals surface area contributed by atoms with Crippen molar-refractivity contribution in [3.8, 4) is 5.75 Å². The van der Waals surface area contributed by atoms with Crippen molar-refractivity contribution in [2.24, 2.45) is 5.73 Å². The van der Waals surface area contributed by atoms with E-state index in [1.54, 1.807) is 18.2 Å². The van der Waals surface area contributed by atoms with Gasteiger partial charge in [-0.15, -0.1) is 0 Å². The Kier molecular flexibility index (Phi) is 5.54. The molecule has 118 valence electrons. The number of benzene rings is 2. The van der Waals surface area contributed by atoms with Crippen LogP contribution in [0.25, 0.3) is 0 Å². The summed E-state index contributed by atoms with van der Waals surface area (Å²) in [5, 5.41) is 0. The molecule has 0 bridgehead atoms. The van der Waals surface area contributed by atoms with Crippen LogP contribution in [0, 0.1) is 0 Å². The summed E-state index contributed by atoms with van der Waals surface area (Å²) in [6, 6.07) is 15.9. The summed E-state index contributed by atoms with van der Waals surface area (Å²) in [7, 11) is -2.11. The predicted octanol–water partition coefficient (Wildman–Crippen LogP) is 1.84. The third kappa shape index (κ3) is 3.85. The summed E-state index contributed by atoms with van der Waals surface area (Å²) >= 11 is 0. The van der Waals surface area contributed by atoms with E-state index in [4.69, 9.17) is 10.5 Å². The second-order valence-electron chi connectivity index (χ2n) is 4.79. The van der Waals surface area contributed by atoms with E-state index in [1.807, 2.05) is 30.3 Å². The smallest absolute Gasteiger partial charge is 0.243 e. The summed E-state index contributed by atoms with van der Waals surface area (Å²) in [4.78, 5) is 0.205. The van der Waals surface area contributed by atoms with Crippen LogP contribution in [0.2, 0.25) is 0 Å². The van der Waals surface area contributed by atoms with Gasteiger partial charge in [0.2, 0.25) is 10.0 Å². The van der Waals surface area contributed by atoms with Crippen LogP contribution in [0.3, 0.4) is 0 Å². The predicted molar refractivity (Wildman–Crippen MR) is 86.1 cm³/mol. The number of methoxy groups -OCH3 is 1. The Morgan fingerprint density at radius 2 is 1.82 bits per heavy atom. The van der Waals surface area contributed by atoms with Gasteiger partial charge < -0.3 is 10.5 Å². The van der Waals surface area contributed by atoms with Crippen LogP contribution in [0.1, 0.15) is 5.56 Å². The third-order valence-electron chi connectivity index (χ3n) is 3.26. The average molecular weight is 320 g/mol. The molecule has 0 aliphatic rings. The minimum atomic E-state index is -3.62. The van der Waals surface area contributed by atoms with Crippen molar-refractivity contribution in [2.45, 2.75) is 11.4 Å². The second-order valence-corrected chi connectivity index (χ2v) is 6.73. The van der Waals surface area contributed by atoms with Gasteiger partial charge in [0, 0.05) is 25.7 Å². The monoisotopic (exact) mass is 320 g/mol. The quantitative estimate of drug-likeness (QED) is 0.845. The van der Waals surface area contributed by atoms with Crippen LogP contribution in [0.4, 0.5) is 0 Å². The van der Waals surface area contributed by atoms with Crippen molar-refractivity contribution in [2.75, 3.05) is 20.2 Å². The van der Waals surface area contributed by atoms with Gasteiger partial charge in [-0.25, -0.2) is 8.42 Å². The van der Waals surface area contributed by atoms with E-state index in [9.17, 15) is 8.42 Å². The molecule has 5 nitrogen and oxygen atoms in total. The van der Waals surface area contributed by atoms with E-state index in [0.29, 0.717) is 5.75 Å². The number of hydrogen-bond acceptors (Lipinski definition) is 4. The molecule has 22 heavy (non-hydrogen) atoms. The first kappa shape index (κ1) is 16.5. The zero-order valence-electron chi connectivity index (χ0n) is 12.5. The summed E-state index contributed by atoms with van der Waals surface area (Å²) in [5.41, 5.74) is 6.50. The molecule has 2 aromatic rings. The maximum absolute atomic E-state index is 12.8. The minimum Gasteiger partial charge on any atom is -0.497 e. The van der Waals surface area contributed by atoms with Gasteiger partial charge in [0.1, 0.15) is 5.75 Å². The molecule has 0 unspecified atom stereocenters. The van der Waals surface area contributed by atoms with E-state index in [1.165, 1.54) is 17.5 Å². The molecule has 2 rings (SSSR count). The van der Waals surface area contributed by atoms with Crippen molar-refractivity contribution < 1.29 is 13.2 Å². The molecule has 0 aliphatic heterocycles. The highest BCUT2D eigenvalue weighted by atomic mass is 32.2. The SMILES string of the molecule is COc1cccc(S(=O)(=O)N(CCN)Cc2ccccc2)c1. The lowest BCUT2D eigenvalue weighted by atomic mass is 10.2. The Labute approximate surface area is 131 Å². The van der Waals surface area contributed by atoms with Crippen molar-refractivity contribution >= 4 is 10.0 Å². The standard InChI is InChI=1S/C16H20N2O3S/c1-21-15-8-5-9-16(12-15)22(19,20)18(11-10-17)13-14-6-3-2-4-7-14/h2-9,12H,10-11,13,17H2,1H3. The summed E-state index contributed by atoms with van der Waals surface area (Å²) < 4.78 is 32.1. The molecule has 0 aromatic heterocycles. The molecular formula is C16H20N2O3S. The Balaban J connectivity index is 2.33. The summed E-state index contributed by atoms with van der Waals surface area (Å²) in [5.74, 6) is 0.508. The molecule has 0 fully saturated rings. The molecule has 0 saturated carbocycles. The number of rotatable bonds is 7. The van der Waals surface area contributed by atoms with Crippen LogP contribution >= 0.6 is 0 Å². The minimum absolute atomic E-state index is 0.205. The summed E-state index contributed by atoms with van der Waals surface area (Å²) in [6.07, 6.45) is 0. The van der Waals surface area contributed by atoms with E-state index >= 15 is 0 Å². The fourth-order valence-corrected chi connectivity index (χ4v) is 3.60. The fraction of sp³-hybridized carbons (Fsp3) is 0.250. The number of nitrogens with two attached hydrogens (primary N) is 1. The number of sulfonamides is 1. The van der Waals surface area contributed by atoms with Gasteiger partial charge in [-0.2, -0.15) is 4.31 Å². The normalized spacial score (nSPS) is 11.6. The molecule has 0 spiro atoms. The van der Waals surface area contributed by atoms with Crippen molar-refractivity contribution in [1.82, 2.24) is 4.31 Å². The zero-order chi connectivity index (χ0) is 16.0. The van der Waals surface area contributed by atoms with Gasteiger partial charge in [-0.05, 0) is 17.7 Å². The van der Waals surface area contributed by atoms with E-state index in [2.05, 4.69) is 0 Å². The number of ether oxygens (including phenoxy) is 1. The molecule has 0 amide bonds. The molecule has 0 atom stereocenters. The molecule has 0 radical (unpaired) electrons. The van der Waals surface area contributed by atoms with Gasteiger partial charge in [-0.3, -0.25) is 0 Å². The number of hydrogen-bond donors (Lipinski definition) is 1. The third-order valence-corrected chi connectivity index (χ3v) is 5.10. The average Bonchev–Trinajstić information content (AvgIpc) is 2.55. The molecule has 0 aliphatic carbocycles. The van der Waals surface area contributed by atoms with Gasteiger partial charge in [0.15, 0.2) is 0 Å². The fourth-order valence-electron chi connectivity index (χ4n) is 2.13. The van der Waals surface area contributed by atoms with Crippen molar-refractivity contribution in [3.05, 3.63) is 60.2 Å². The highest BCUT2D eigenvalue weighted by Crippen LogP contribution is 2.22. The Morgan fingerprint density at radius 3 is 2.45 bits per heavy atom. The molecular weight excluding hydrogens is 300 g/mol. The molecule has 0 heterocycles. The first-order valence-corrected chi connectivity index (χ1v) is 8.40.